The lowest BCUT2D eigenvalue weighted by Gasteiger charge is -2.14. The van der Waals surface area contributed by atoms with Gasteiger partial charge in [-0.3, -0.25) is 4.72 Å². The molecule has 4 aromatic rings. The van der Waals surface area contributed by atoms with Crippen molar-refractivity contribution in [3.63, 3.8) is 0 Å². The molecule has 42 heavy (non-hydrogen) atoms. The Morgan fingerprint density at radius 3 is 2.48 bits per heavy atom. The van der Waals surface area contributed by atoms with Crippen LogP contribution in [-0.4, -0.2) is 48.0 Å². The van der Waals surface area contributed by atoms with Gasteiger partial charge in [0.1, 0.15) is 10.8 Å². The standard InChI is InChI=1S/C24H20ClN5O3S2.C2HF3O2/c25-22-15-26-24-28-17-11-18(30-35(31,32)21-7-2-1-3-8-21)13-19(12-17)33-9-10-34-20-6-4-5-16(14-20)27-23(22)29-24;3-2(4,5)1(6)7/h1-8,11-15,30H,9-10H2,(H2,26,27,28,29);(H,6,7). The number of halogens is 4. The van der Waals surface area contributed by atoms with E-state index in [4.69, 9.17) is 26.2 Å². The molecule has 3 aromatic carbocycles. The lowest BCUT2D eigenvalue weighted by molar-refractivity contribution is -0.192. The third kappa shape index (κ3) is 8.64. The number of fused-ring (bicyclic) bond motifs is 6. The smallest absolute Gasteiger partial charge is 0.490 e. The van der Waals surface area contributed by atoms with Gasteiger partial charge >= 0.3 is 12.1 Å². The van der Waals surface area contributed by atoms with Crippen LogP contribution in [0.25, 0.3) is 0 Å². The highest BCUT2D eigenvalue weighted by Gasteiger charge is 2.38. The molecule has 0 spiro atoms. The molecule has 0 aliphatic carbocycles. The number of carboxylic acid groups (broad SMARTS) is 1. The Morgan fingerprint density at radius 1 is 1.02 bits per heavy atom. The Kier molecular flexibility index (Phi) is 9.65. The first kappa shape index (κ1) is 30.7. The van der Waals surface area contributed by atoms with Crippen LogP contribution in [0.15, 0.2) is 88.8 Å². The van der Waals surface area contributed by atoms with E-state index in [1.807, 2.05) is 24.3 Å². The van der Waals surface area contributed by atoms with Gasteiger partial charge in [-0.2, -0.15) is 18.2 Å². The minimum absolute atomic E-state index is 0.161. The fourth-order valence-electron chi connectivity index (χ4n) is 3.39. The van der Waals surface area contributed by atoms with Crippen molar-refractivity contribution in [3.05, 3.63) is 84.0 Å². The first-order valence-electron chi connectivity index (χ1n) is 11.8. The van der Waals surface area contributed by atoms with Crippen molar-refractivity contribution < 1.29 is 36.2 Å². The van der Waals surface area contributed by atoms with E-state index in [-0.39, 0.29) is 10.8 Å². The van der Waals surface area contributed by atoms with E-state index in [0.717, 1.165) is 10.6 Å². The second-order valence-electron chi connectivity index (χ2n) is 8.33. The van der Waals surface area contributed by atoms with Gasteiger partial charge in [-0.05, 0) is 36.4 Å². The Hall–Kier alpha value is -4.21. The van der Waals surface area contributed by atoms with Crippen LogP contribution in [0, 0.1) is 0 Å². The summed E-state index contributed by atoms with van der Waals surface area (Å²) in [5.74, 6) is -0.838. The molecule has 0 unspecified atom stereocenters. The monoisotopic (exact) mass is 639 g/mol. The number of rotatable bonds is 3. The molecular weight excluding hydrogens is 619 g/mol. The van der Waals surface area contributed by atoms with Crippen molar-refractivity contribution in [1.82, 2.24) is 9.97 Å². The number of nitrogens with one attached hydrogen (secondary N) is 3. The number of nitrogens with zero attached hydrogens (tertiary/aromatic N) is 2. The van der Waals surface area contributed by atoms with Crippen molar-refractivity contribution in [2.75, 3.05) is 27.7 Å². The van der Waals surface area contributed by atoms with E-state index in [9.17, 15) is 21.6 Å². The number of aromatic nitrogens is 2. The second kappa shape index (κ2) is 13.2. The number of sulfonamides is 1. The van der Waals surface area contributed by atoms with Crippen LogP contribution in [0.5, 0.6) is 5.75 Å². The molecule has 0 amide bonds. The molecule has 2 heterocycles. The maximum atomic E-state index is 12.9. The van der Waals surface area contributed by atoms with Crippen LogP contribution < -0.4 is 20.1 Å². The number of ether oxygens (including phenoxy) is 1. The Morgan fingerprint density at radius 2 is 1.76 bits per heavy atom. The van der Waals surface area contributed by atoms with E-state index >= 15 is 0 Å². The normalized spacial score (nSPS) is 13.0. The largest absolute Gasteiger partial charge is 0.493 e. The fourth-order valence-corrected chi connectivity index (χ4v) is 5.38. The Balaban J connectivity index is 0.000000517. The molecule has 5 rings (SSSR count). The summed E-state index contributed by atoms with van der Waals surface area (Å²) >= 11 is 7.96. The molecule has 4 N–H and O–H groups in total. The first-order valence-corrected chi connectivity index (χ1v) is 14.7. The molecular formula is C26H21ClF3N5O5S2. The first-order chi connectivity index (χ1) is 19.9. The van der Waals surface area contributed by atoms with Crippen LogP contribution in [0.1, 0.15) is 0 Å². The predicted molar refractivity (Wildman–Crippen MR) is 154 cm³/mol. The van der Waals surface area contributed by atoms with Gasteiger partial charge in [0.05, 0.1) is 23.4 Å². The van der Waals surface area contributed by atoms with Crippen LogP contribution in [0.2, 0.25) is 5.02 Å². The van der Waals surface area contributed by atoms with Gasteiger partial charge in [-0.25, -0.2) is 18.2 Å². The summed E-state index contributed by atoms with van der Waals surface area (Å²) in [6, 6.07) is 21.1. The highest BCUT2D eigenvalue weighted by molar-refractivity contribution is 7.99. The summed E-state index contributed by atoms with van der Waals surface area (Å²) < 4.78 is 66.1. The highest BCUT2D eigenvalue weighted by atomic mass is 35.5. The van der Waals surface area contributed by atoms with Crippen molar-refractivity contribution in [1.29, 1.82) is 0 Å². The van der Waals surface area contributed by atoms with Gasteiger partial charge in [-0.1, -0.05) is 35.9 Å². The molecule has 16 heteroatoms. The molecule has 0 radical (unpaired) electrons. The van der Waals surface area contributed by atoms with Gasteiger partial charge in [0.25, 0.3) is 10.0 Å². The van der Waals surface area contributed by atoms with E-state index in [1.165, 1.54) is 18.3 Å². The van der Waals surface area contributed by atoms with Gasteiger partial charge in [0, 0.05) is 34.2 Å². The van der Waals surface area contributed by atoms with Crippen molar-refractivity contribution >= 4 is 68.2 Å². The summed E-state index contributed by atoms with van der Waals surface area (Å²) in [6.07, 6.45) is -3.59. The van der Waals surface area contributed by atoms with E-state index in [0.29, 0.717) is 40.3 Å². The number of hydrogen-bond acceptors (Lipinski definition) is 9. The summed E-state index contributed by atoms with van der Waals surface area (Å²) in [4.78, 5) is 18.9. The average Bonchev–Trinajstić information content (AvgIpc) is 2.93. The van der Waals surface area contributed by atoms with Crippen LogP contribution in [0.4, 0.5) is 42.0 Å². The Bertz CT molecular complexity index is 1680. The molecule has 10 nitrogen and oxygen atoms in total. The number of carboxylic acids is 1. The fraction of sp³-hybridized carbons (Fsp3) is 0.115. The number of aliphatic carboxylic acids is 1. The second-order valence-corrected chi connectivity index (χ2v) is 11.6. The summed E-state index contributed by atoms with van der Waals surface area (Å²) in [5, 5.41) is 13.8. The average molecular weight is 640 g/mol. The molecule has 220 valence electrons. The topological polar surface area (TPSA) is 143 Å². The third-order valence-electron chi connectivity index (χ3n) is 5.17. The lowest BCUT2D eigenvalue weighted by Crippen LogP contribution is -2.21. The lowest BCUT2D eigenvalue weighted by atomic mass is 10.2. The Labute approximate surface area is 247 Å². The zero-order chi connectivity index (χ0) is 30.3. The zero-order valence-corrected chi connectivity index (χ0v) is 23.6. The number of carbonyl (C=O) groups is 1. The van der Waals surface area contributed by atoms with E-state index in [2.05, 4.69) is 25.3 Å². The summed E-state index contributed by atoms with van der Waals surface area (Å²) in [6.45, 7) is 0.423. The molecule has 6 bridgehead atoms. The number of thioether (sulfide) groups is 1. The molecule has 1 aliphatic rings. The summed E-state index contributed by atoms with van der Waals surface area (Å²) in [5.41, 5.74) is 1.73. The molecule has 0 atom stereocenters. The van der Waals surface area contributed by atoms with Crippen LogP contribution in [-0.2, 0) is 14.8 Å². The van der Waals surface area contributed by atoms with Crippen molar-refractivity contribution in [2.45, 2.75) is 16.0 Å². The molecule has 0 fully saturated rings. The van der Waals surface area contributed by atoms with Crippen molar-refractivity contribution in [3.8, 4) is 5.75 Å². The molecule has 0 saturated carbocycles. The predicted octanol–water partition coefficient (Wildman–Crippen LogP) is 6.54. The molecule has 0 saturated heterocycles. The summed E-state index contributed by atoms with van der Waals surface area (Å²) in [7, 11) is -3.78. The van der Waals surface area contributed by atoms with Crippen LogP contribution in [0.3, 0.4) is 0 Å². The van der Waals surface area contributed by atoms with Gasteiger partial charge in [-0.15, -0.1) is 11.8 Å². The van der Waals surface area contributed by atoms with Gasteiger partial charge in [0.15, 0.2) is 5.82 Å². The number of benzene rings is 3. The van der Waals surface area contributed by atoms with Gasteiger partial charge in [0.2, 0.25) is 5.95 Å². The zero-order valence-electron chi connectivity index (χ0n) is 21.2. The van der Waals surface area contributed by atoms with E-state index < -0.39 is 22.2 Å². The number of anilines is 5. The highest BCUT2D eigenvalue weighted by Crippen LogP contribution is 2.31. The van der Waals surface area contributed by atoms with Gasteiger partial charge < -0.3 is 20.5 Å². The quantitative estimate of drug-likeness (QED) is 0.195. The minimum Gasteiger partial charge on any atom is -0.493 e. The maximum Gasteiger partial charge on any atom is 0.490 e. The minimum atomic E-state index is -5.08. The third-order valence-corrected chi connectivity index (χ3v) is 7.80. The number of alkyl halides is 3. The van der Waals surface area contributed by atoms with Crippen LogP contribution >= 0.6 is 23.4 Å². The SMILES string of the molecule is O=C(O)C(F)(F)F.O=S(=O)(Nc1cc2cc(c1)OCCSc1cccc(c1)Nc1nc(ncc1Cl)N2)c1ccccc1. The van der Waals surface area contributed by atoms with E-state index in [1.54, 1.807) is 48.2 Å². The molecule has 1 aliphatic heterocycles. The maximum absolute atomic E-state index is 12.9. The molecule has 1 aromatic heterocycles. The van der Waals surface area contributed by atoms with Crippen molar-refractivity contribution in [2.24, 2.45) is 0 Å². The number of hydrogen-bond donors (Lipinski definition) is 4.